The maximum absolute atomic E-state index is 5.52. The fourth-order valence-electron chi connectivity index (χ4n) is 4.54. The molecule has 1 aliphatic heterocycles. The van der Waals surface area contributed by atoms with Crippen molar-refractivity contribution < 1.29 is 9.47 Å². The molecule has 0 saturated heterocycles. The quantitative estimate of drug-likeness (QED) is 0.644. The molecule has 0 N–H and O–H groups in total. The first-order valence-corrected chi connectivity index (χ1v) is 9.58. The van der Waals surface area contributed by atoms with Crippen molar-refractivity contribution in [1.29, 1.82) is 0 Å². The highest BCUT2D eigenvalue weighted by Gasteiger charge is 2.28. The van der Waals surface area contributed by atoms with Gasteiger partial charge in [0.2, 0.25) is 0 Å². The summed E-state index contributed by atoms with van der Waals surface area (Å²) in [5.74, 6) is 2.35. The van der Waals surface area contributed by atoms with Crippen molar-refractivity contribution in [2.45, 2.75) is 32.1 Å². The van der Waals surface area contributed by atoms with E-state index in [9.17, 15) is 0 Å². The Bertz CT molecular complexity index is 1040. The van der Waals surface area contributed by atoms with E-state index in [-0.39, 0.29) is 12.4 Å². The largest absolute Gasteiger partial charge is 0.493 e. The van der Waals surface area contributed by atoms with Gasteiger partial charge in [-0.05, 0) is 54.9 Å². The van der Waals surface area contributed by atoms with Crippen molar-refractivity contribution in [1.82, 2.24) is 9.97 Å². The number of hydrogen-bond donors (Lipinski definition) is 0. The van der Waals surface area contributed by atoms with Crippen LogP contribution in [-0.2, 0) is 19.3 Å². The highest BCUT2D eigenvalue weighted by molar-refractivity contribution is 5.95. The summed E-state index contributed by atoms with van der Waals surface area (Å²) in [5.41, 5.74) is 6.70. The summed E-state index contributed by atoms with van der Waals surface area (Å²) in [6.07, 6.45) is 7.62. The van der Waals surface area contributed by atoms with E-state index in [1.807, 2.05) is 12.1 Å². The Morgan fingerprint density at radius 3 is 2.46 bits per heavy atom. The molecule has 146 valence electrons. The second-order valence-electron chi connectivity index (χ2n) is 7.24. The minimum atomic E-state index is 0. The highest BCUT2D eigenvalue weighted by atomic mass is 35.5. The molecule has 0 unspecified atom stereocenters. The average Bonchev–Trinajstić information content (AvgIpc) is 3.16. The molecule has 0 radical (unpaired) electrons. The molecule has 0 amide bonds. The first-order chi connectivity index (χ1) is 13.3. The van der Waals surface area contributed by atoms with Crippen LogP contribution in [0.1, 0.15) is 29.5 Å². The Hall–Kier alpha value is -2.53. The van der Waals surface area contributed by atoms with Crippen molar-refractivity contribution in [3.8, 4) is 11.5 Å². The van der Waals surface area contributed by atoms with Gasteiger partial charge in [-0.15, -0.1) is 12.4 Å². The van der Waals surface area contributed by atoms with Crippen LogP contribution in [0.25, 0.3) is 10.9 Å². The molecule has 3 aromatic rings. The Labute approximate surface area is 171 Å². The number of hydrogen-bond acceptors (Lipinski definition) is 5. The summed E-state index contributed by atoms with van der Waals surface area (Å²) < 4.78 is 11.0. The number of fused-ring (bicyclic) bond motifs is 4. The predicted molar refractivity (Wildman–Crippen MR) is 114 cm³/mol. The van der Waals surface area contributed by atoms with Crippen molar-refractivity contribution in [2.75, 3.05) is 25.7 Å². The standard InChI is InChI=1S/C22H23N3O2.ClH/c1-26-19-11-17-18(12-20(19)27-2)23-13-24-22(17)25-10-9-15-8-7-14-5-3-4-6-16(14)21(15)25;/h7-8,11-13H,3-6,9-10H2,1-2H3;1H. The van der Waals surface area contributed by atoms with Crippen LogP contribution in [0.3, 0.4) is 0 Å². The molecule has 1 aromatic heterocycles. The Balaban J connectivity index is 0.00000192. The van der Waals surface area contributed by atoms with Gasteiger partial charge < -0.3 is 14.4 Å². The van der Waals surface area contributed by atoms with Crippen molar-refractivity contribution in [2.24, 2.45) is 0 Å². The normalized spacial score (nSPS) is 15.0. The summed E-state index contributed by atoms with van der Waals surface area (Å²) in [6, 6.07) is 8.57. The minimum absolute atomic E-state index is 0. The van der Waals surface area contributed by atoms with E-state index in [4.69, 9.17) is 9.47 Å². The fraction of sp³-hybridized carbons (Fsp3) is 0.364. The molecule has 5 nitrogen and oxygen atoms in total. The maximum atomic E-state index is 5.52. The summed E-state index contributed by atoms with van der Waals surface area (Å²) in [7, 11) is 3.31. The van der Waals surface area contributed by atoms with Crippen LogP contribution in [0.15, 0.2) is 30.6 Å². The van der Waals surface area contributed by atoms with E-state index in [0.717, 1.165) is 36.1 Å². The number of halogens is 1. The molecule has 0 saturated carbocycles. The number of benzene rings is 2. The van der Waals surface area contributed by atoms with Gasteiger partial charge in [0, 0.05) is 23.7 Å². The SMILES string of the molecule is COc1cc2ncnc(N3CCc4ccc5c(c43)CCCC5)c2cc1OC.Cl. The minimum Gasteiger partial charge on any atom is -0.493 e. The van der Waals surface area contributed by atoms with E-state index in [1.165, 1.54) is 41.6 Å². The van der Waals surface area contributed by atoms with Gasteiger partial charge in [-0.3, -0.25) is 0 Å². The van der Waals surface area contributed by atoms with Gasteiger partial charge in [-0.25, -0.2) is 9.97 Å². The zero-order chi connectivity index (χ0) is 18.4. The van der Waals surface area contributed by atoms with Crippen molar-refractivity contribution >= 4 is 34.8 Å². The van der Waals surface area contributed by atoms with Crippen LogP contribution < -0.4 is 14.4 Å². The number of anilines is 2. The third-order valence-electron chi connectivity index (χ3n) is 5.84. The lowest BCUT2D eigenvalue weighted by molar-refractivity contribution is 0.356. The van der Waals surface area contributed by atoms with Crippen LogP contribution in [0, 0.1) is 0 Å². The molecule has 0 atom stereocenters. The molecule has 2 aromatic carbocycles. The second-order valence-corrected chi connectivity index (χ2v) is 7.24. The van der Waals surface area contributed by atoms with Gasteiger partial charge in [0.1, 0.15) is 12.1 Å². The van der Waals surface area contributed by atoms with E-state index in [0.29, 0.717) is 11.5 Å². The summed E-state index contributed by atoms with van der Waals surface area (Å²) in [6.45, 7) is 0.951. The molecular weight excluding hydrogens is 374 g/mol. The molecule has 1 aliphatic carbocycles. The lowest BCUT2D eigenvalue weighted by Gasteiger charge is -2.26. The Morgan fingerprint density at radius 1 is 0.893 bits per heavy atom. The molecular formula is C22H24ClN3O2. The Kier molecular flexibility index (Phi) is 5.02. The van der Waals surface area contributed by atoms with E-state index in [2.05, 4.69) is 27.0 Å². The monoisotopic (exact) mass is 397 g/mol. The van der Waals surface area contributed by atoms with E-state index < -0.39 is 0 Å². The highest BCUT2D eigenvalue weighted by Crippen LogP contribution is 2.43. The van der Waals surface area contributed by atoms with Crippen LogP contribution in [-0.4, -0.2) is 30.7 Å². The topological polar surface area (TPSA) is 47.5 Å². The number of nitrogens with zero attached hydrogens (tertiary/aromatic N) is 3. The Morgan fingerprint density at radius 2 is 1.64 bits per heavy atom. The van der Waals surface area contributed by atoms with Gasteiger partial charge in [-0.2, -0.15) is 0 Å². The van der Waals surface area contributed by atoms with Gasteiger partial charge in [-0.1, -0.05) is 12.1 Å². The maximum Gasteiger partial charge on any atom is 0.162 e. The third-order valence-corrected chi connectivity index (χ3v) is 5.84. The number of aromatic nitrogens is 2. The van der Waals surface area contributed by atoms with Crippen LogP contribution >= 0.6 is 12.4 Å². The fourth-order valence-corrected chi connectivity index (χ4v) is 4.54. The number of ether oxygens (including phenoxy) is 2. The zero-order valence-corrected chi connectivity index (χ0v) is 17.0. The summed E-state index contributed by atoms with van der Waals surface area (Å²) >= 11 is 0. The van der Waals surface area contributed by atoms with Crippen molar-refractivity contribution in [3.05, 3.63) is 47.3 Å². The van der Waals surface area contributed by atoms with Crippen LogP contribution in [0.2, 0.25) is 0 Å². The second kappa shape index (κ2) is 7.47. The zero-order valence-electron chi connectivity index (χ0n) is 16.2. The molecule has 6 heteroatoms. The van der Waals surface area contributed by atoms with Crippen LogP contribution in [0.5, 0.6) is 11.5 Å². The lowest BCUT2D eigenvalue weighted by atomic mass is 9.88. The molecule has 0 spiro atoms. The molecule has 0 fully saturated rings. The average molecular weight is 398 g/mol. The number of methoxy groups -OCH3 is 2. The molecule has 0 bridgehead atoms. The third kappa shape index (κ3) is 2.85. The first-order valence-electron chi connectivity index (χ1n) is 9.58. The molecule has 2 aliphatic rings. The molecule has 5 rings (SSSR count). The predicted octanol–water partition coefficient (Wildman–Crippen LogP) is 4.64. The first kappa shape index (κ1) is 18.8. The van der Waals surface area contributed by atoms with Gasteiger partial charge in [0.15, 0.2) is 11.5 Å². The molecule has 2 heterocycles. The van der Waals surface area contributed by atoms with Gasteiger partial charge >= 0.3 is 0 Å². The molecule has 28 heavy (non-hydrogen) atoms. The van der Waals surface area contributed by atoms with Gasteiger partial charge in [0.05, 0.1) is 19.7 Å². The smallest absolute Gasteiger partial charge is 0.162 e. The number of aryl methyl sites for hydroxylation is 1. The summed E-state index contributed by atoms with van der Waals surface area (Å²) in [4.78, 5) is 11.5. The van der Waals surface area contributed by atoms with Gasteiger partial charge in [0.25, 0.3) is 0 Å². The van der Waals surface area contributed by atoms with Crippen molar-refractivity contribution in [3.63, 3.8) is 0 Å². The number of rotatable bonds is 3. The summed E-state index contributed by atoms with van der Waals surface area (Å²) in [5, 5.41) is 0.997. The lowest BCUT2D eigenvalue weighted by Crippen LogP contribution is -2.18. The van der Waals surface area contributed by atoms with Crippen LogP contribution in [0.4, 0.5) is 11.5 Å². The van der Waals surface area contributed by atoms with E-state index >= 15 is 0 Å². The van der Waals surface area contributed by atoms with E-state index in [1.54, 1.807) is 20.5 Å².